The molecule has 0 spiro atoms. The van der Waals surface area contributed by atoms with Crippen molar-refractivity contribution in [1.29, 1.82) is 0 Å². The molecule has 4 aliphatic rings. The standard InChI is InChI=1S/C18H24O2/c1-18-9-8-14-13-5-3-12(19)10-11(13)2-4-15(14)16(18)6-7-17(18)20/h3,5,11,14-16,19H,2,4,6-10H2,1H3. The van der Waals surface area contributed by atoms with Crippen LogP contribution in [0.2, 0.25) is 0 Å². The summed E-state index contributed by atoms with van der Waals surface area (Å²) in [5, 5.41) is 9.74. The molecule has 0 radical (unpaired) electrons. The summed E-state index contributed by atoms with van der Waals surface area (Å²) in [6.45, 7) is 2.23. The molecule has 0 heterocycles. The average Bonchev–Trinajstić information content (AvgIpc) is 2.74. The Morgan fingerprint density at radius 1 is 1.20 bits per heavy atom. The van der Waals surface area contributed by atoms with Crippen molar-refractivity contribution in [2.24, 2.45) is 29.1 Å². The van der Waals surface area contributed by atoms with Crippen molar-refractivity contribution in [2.45, 2.75) is 51.9 Å². The van der Waals surface area contributed by atoms with Crippen LogP contribution in [-0.2, 0) is 4.79 Å². The summed E-state index contributed by atoms with van der Waals surface area (Å²) in [5.41, 5.74) is 1.57. The number of hydrogen-bond donors (Lipinski definition) is 1. The molecule has 5 atom stereocenters. The fraction of sp³-hybridized carbons (Fsp3) is 0.722. The molecule has 0 aliphatic heterocycles. The molecule has 0 bridgehead atoms. The van der Waals surface area contributed by atoms with E-state index in [9.17, 15) is 9.90 Å². The van der Waals surface area contributed by atoms with Gasteiger partial charge in [0.15, 0.2) is 0 Å². The zero-order chi connectivity index (χ0) is 13.9. The van der Waals surface area contributed by atoms with Gasteiger partial charge in [0.1, 0.15) is 5.78 Å². The normalized spacial score (nSPS) is 47.0. The number of aliphatic hydroxyl groups is 1. The molecule has 0 aromatic heterocycles. The molecule has 2 heteroatoms. The van der Waals surface area contributed by atoms with Gasteiger partial charge in [0.05, 0.1) is 5.76 Å². The van der Waals surface area contributed by atoms with Gasteiger partial charge in [0, 0.05) is 18.3 Å². The Bertz CT molecular complexity index is 516. The quantitative estimate of drug-likeness (QED) is 0.718. The lowest BCUT2D eigenvalue weighted by Crippen LogP contribution is -2.45. The minimum absolute atomic E-state index is 0.0127. The maximum atomic E-state index is 12.3. The second kappa shape index (κ2) is 4.22. The molecule has 3 saturated carbocycles. The van der Waals surface area contributed by atoms with Crippen molar-refractivity contribution in [1.82, 2.24) is 0 Å². The summed E-state index contributed by atoms with van der Waals surface area (Å²) in [5.74, 6) is 3.67. The topological polar surface area (TPSA) is 37.3 Å². The van der Waals surface area contributed by atoms with E-state index in [2.05, 4.69) is 13.0 Å². The van der Waals surface area contributed by atoms with Crippen molar-refractivity contribution >= 4 is 5.78 Å². The highest BCUT2D eigenvalue weighted by atomic mass is 16.3. The van der Waals surface area contributed by atoms with Crippen LogP contribution >= 0.6 is 0 Å². The molecular weight excluding hydrogens is 248 g/mol. The summed E-state index contributed by atoms with van der Waals surface area (Å²) in [4.78, 5) is 12.3. The molecule has 1 N–H and O–H groups in total. The van der Waals surface area contributed by atoms with E-state index >= 15 is 0 Å². The molecule has 108 valence electrons. The predicted molar refractivity (Wildman–Crippen MR) is 78.2 cm³/mol. The highest BCUT2D eigenvalue weighted by Crippen LogP contribution is 2.60. The maximum Gasteiger partial charge on any atom is 0.139 e. The Morgan fingerprint density at radius 2 is 2.05 bits per heavy atom. The van der Waals surface area contributed by atoms with Crippen molar-refractivity contribution < 1.29 is 9.90 Å². The molecule has 4 rings (SSSR count). The summed E-state index contributed by atoms with van der Waals surface area (Å²) in [6.07, 6.45) is 11.6. The highest BCUT2D eigenvalue weighted by Gasteiger charge is 2.55. The van der Waals surface area contributed by atoms with E-state index in [1.54, 1.807) is 5.57 Å². The lowest BCUT2D eigenvalue weighted by Gasteiger charge is -2.51. The summed E-state index contributed by atoms with van der Waals surface area (Å²) < 4.78 is 0. The summed E-state index contributed by atoms with van der Waals surface area (Å²) >= 11 is 0. The minimum atomic E-state index is -0.0127. The fourth-order valence-electron chi connectivity index (χ4n) is 5.73. The Hall–Kier alpha value is -1.05. The van der Waals surface area contributed by atoms with Crippen LogP contribution in [0.25, 0.3) is 0 Å². The van der Waals surface area contributed by atoms with Gasteiger partial charge in [-0.1, -0.05) is 18.6 Å². The molecule has 0 amide bonds. The van der Waals surface area contributed by atoms with Crippen LogP contribution in [0.15, 0.2) is 23.5 Å². The number of aliphatic hydroxyl groups excluding tert-OH is 1. The van der Waals surface area contributed by atoms with E-state index in [1.165, 1.54) is 19.3 Å². The van der Waals surface area contributed by atoms with E-state index in [4.69, 9.17) is 0 Å². The van der Waals surface area contributed by atoms with Gasteiger partial charge in [-0.3, -0.25) is 4.79 Å². The van der Waals surface area contributed by atoms with Gasteiger partial charge in [0.2, 0.25) is 0 Å². The number of carbonyl (C=O) groups excluding carboxylic acids is 1. The van der Waals surface area contributed by atoms with E-state index in [-0.39, 0.29) is 5.41 Å². The van der Waals surface area contributed by atoms with Crippen LogP contribution < -0.4 is 0 Å². The molecule has 5 unspecified atom stereocenters. The third kappa shape index (κ3) is 1.60. The van der Waals surface area contributed by atoms with E-state index in [1.807, 2.05) is 6.08 Å². The van der Waals surface area contributed by atoms with Gasteiger partial charge in [-0.25, -0.2) is 0 Å². The second-order valence-corrected chi connectivity index (χ2v) is 7.60. The third-order valence-corrected chi connectivity index (χ3v) is 6.82. The monoisotopic (exact) mass is 272 g/mol. The Balaban J connectivity index is 1.67. The van der Waals surface area contributed by atoms with Crippen LogP contribution in [-0.4, -0.2) is 10.9 Å². The van der Waals surface area contributed by atoms with Gasteiger partial charge >= 0.3 is 0 Å². The van der Waals surface area contributed by atoms with Crippen LogP contribution in [0.5, 0.6) is 0 Å². The van der Waals surface area contributed by atoms with Gasteiger partial charge < -0.3 is 5.11 Å². The van der Waals surface area contributed by atoms with Crippen molar-refractivity contribution in [3.05, 3.63) is 23.5 Å². The van der Waals surface area contributed by atoms with Crippen molar-refractivity contribution in [2.75, 3.05) is 0 Å². The van der Waals surface area contributed by atoms with Crippen LogP contribution in [0, 0.1) is 29.1 Å². The third-order valence-electron chi connectivity index (χ3n) is 6.82. The molecule has 0 aromatic rings. The smallest absolute Gasteiger partial charge is 0.139 e. The minimum Gasteiger partial charge on any atom is -0.512 e. The Kier molecular flexibility index (Phi) is 2.68. The number of allylic oxidation sites excluding steroid dienone is 4. The lowest BCUT2D eigenvalue weighted by molar-refractivity contribution is -0.130. The van der Waals surface area contributed by atoms with Gasteiger partial charge in [-0.2, -0.15) is 0 Å². The SMILES string of the molecule is CC12CCC3C4=CC=C(O)CC4CCC3C1CCC2=O. The van der Waals surface area contributed by atoms with E-state index < -0.39 is 0 Å². The van der Waals surface area contributed by atoms with Crippen molar-refractivity contribution in [3.63, 3.8) is 0 Å². The first-order valence-electron chi connectivity index (χ1n) is 8.22. The molecule has 3 fully saturated rings. The zero-order valence-corrected chi connectivity index (χ0v) is 12.3. The van der Waals surface area contributed by atoms with E-state index in [0.29, 0.717) is 29.3 Å². The summed E-state index contributed by atoms with van der Waals surface area (Å²) in [6, 6.07) is 0. The second-order valence-electron chi connectivity index (χ2n) is 7.60. The number of carbonyl (C=O) groups is 1. The molecular formula is C18H24O2. The molecule has 0 aromatic carbocycles. The number of fused-ring (bicyclic) bond motifs is 5. The first kappa shape index (κ1) is 12.7. The maximum absolute atomic E-state index is 12.3. The van der Waals surface area contributed by atoms with Gasteiger partial charge in [-0.15, -0.1) is 0 Å². The predicted octanol–water partition coefficient (Wildman–Crippen LogP) is 4.18. The van der Waals surface area contributed by atoms with Crippen LogP contribution in [0.4, 0.5) is 0 Å². The molecule has 2 nitrogen and oxygen atoms in total. The number of Topliss-reactive ketones (excluding diaryl/α,β-unsaturated/α-hetero) is 1. The average molecular weight is 272 g/mol. The largest absolute Gasteiger partial charge is 0.512 e. The van der Waals surface area contributed by atoms with Crippen LogP contribution in [0.3, 0.4) is 0 Å². The summed E-state index contributed by atoms with van der Waals surface area (Å²) in [7, 11) is 0. The Labute approximate surface area is 120 Å². The first-order valence-corrected chi connectivity index (χ1v) is 8.22. The van der Waals surface area contributed by atoms with E-state index in [0.717, 1.165) is 31.6 Å². The first-order chi connectivity index (χ1) is 9.59. The number of hydrogen-bond acceptors (Lipinski definition) is 2. The molecule has 20 heavy (non-hydrogen) atoms. The number of rotatable bonds is 0. The van der Waals surface area contributed by atoms with Gasteiger partial charge in [-0.05, 0) is 61.9 Å². The van der Waals surface area contributed by atoms with Crippen LogP contribution in [0.1, 0.15) is 51.9 Å². The fourth-order valence-corrected chi connectivity index (χ4v) is 5.73. The molecule has 4 aliphatic carbocycles. The van der Waals surface area contributed by atoms with Crippen molar-refractivity contribution in [3.8, 4) is 0 Å². The van der Waals surface area contributed by atoms with Gasteiger partial charge in [0.25, 0.3) is 0 Å². The zero-order valence-electron chi connectivity index (χ0n) is 12.3. The molecule has 0 saturated heterocycles. The lowest BCUT2D eigenvalue weighted by atomic mass is 9.53. The Morgan fingerprint density at radius 3 is 2.90 bits per heavy atom. The number of ketones is 1. The highest BCUT2D eigenvalue weighted by molar-refractivity contribution is 5.87.